The third-order valence-electron chi connectivity index (χ3n) is 7.32. The molecule has 2 aliphatic rings. The molecular weight excluding hydrogens is 543 g/mol. The van der Waals surface area contributed by atoms with Gasteiger partial charge in [-0.25, -0.2) is 9.78 Å². The lowest BCUT2D eigenvalue weighted by atomic mass is 10.0. The molecular formula is C28H28F3N5O5. The first-order valence-corrected chi connectivity index (χ1v) is 13.2. The highest BCUT2D eigenvalue weighted by Crippen LogP contribution is 2.35. The number of hydrogen-bond acceptors (Lipinski definition) is 6. The molecule has 1 saturated carbocycles. The van der Waals surface area contributed by atoms with Crippen molar-refractivity contribution in [1.82, 2.24) is 15.2 Å². The topological polar surface area (TPSA) is 128 Å². The number of hydrogen-bond donors (Lipinski definition) is 3. The number of carbonyl (C=O) groups excluding carboxylic acids is 2. The minimum absolute atomic E-state index is 0.276. The van der Waals surface area contributed by atoms with Crippen LogP contribution in [-0.2, 0) is 11.0 Å². The minimum Gasteiger partial charge on any atom is -0.481 e. The Morgan fingerprint density at radius 1 is 0.951 bits per heavy atom. The summed E-state index contributed by atoms with van der Waals surface area (Å²) in [4.78, 5) is 44.4. The number of benzene rings is 2. The van der Waals surface area contributed by atoms with E-state index in [9.17, 15) is 32.7 Å². The molecule has 13 heteroatoms. The van der Waals surface area contributed by atoms with Crippen molar-refractivity contribution in [2.75, 3.05) is 36.4 Å². The van der Waals surface area contributed by atoms with Gasteiger partial charge in [-0.3, -0.25) is 9.59 Å². The number of aromatic nitrogens is 1. The molecule has 2 heterocycles. The molecule has 0 spiro atoms. The maximum Gasteiger partial charge on any atom is 0.452 e. The summed E-state index contributed by atoms with van der Waals surface area (Å²) in [5.74, 6) is -4.29. The van der Waals surface area contributed by atoms with Gasteiger partial charge >= 0.3 is 18.2 Å². The molecule has 10 nitrogen and oxygen atoms in total. The van der Waals surface area contributed by atoms with Gasteiger partial charge in [0.15, 0.2) is 5.69 Å². The van der Waals surface area contributed by atoms with Crippen molar-refractivity contribution in [3.05, 3.63) is 66.1 Å². The molecule has 0 unspecified atom stereocenters. The lowest BCUT2D eigenvalue weighted by Crippen LogP contribution is -2.54. The Morgan fingerprint density at radius 3 is 2.27 bits per heavy atom. The molecule has 216 valence electrons. The number of carboxylic acid groups (broad SMARTS) is 1. The van der Waals surface area contributed by atoms with E-state index >= 15 is 0 Å². The van der Waals surface area contributed by atoms with E-state index in [1.165, 1.54) is 12.1 Å². The highest BCUT2D eigenvalue weighted by Gasteiger charge is 2.42. The summed E-state index contributed by atoms with van der Waals surface area (Å²) in [5.41, 5.74) is 0.538. The van der Waals surface area contributed by atoms with Crippen molar-refractivity contribution in [2.45, 2.75) is 31.5 Å². The number of rotatable bonds is 6. The molecule has 1 aliphatic carbocycles. The normalized spacial score (nSPS) is 19.2. The predicted molar refractivity (Wildman–Crippen MR) is 142 cm³/mol. The molecule has 1 aromatic heterocycles. The van der Waals surface area contributed by atoms with Gasteiger partial charge in [0.2, 0.25) is 11.7 Å². The Morgan fingerprint density at radius 2 is 1.63 bits per heavy atom. The number of carboxylic acids is 1. The lowest BCUT2D eigenvalue weighted by molar-refractivity contribution is -0.153. The summed E-state index contributed by atoms with van der Waals surface area (Å²) < 4.78 is 45.7. The van der Waals surface area contributed by atoms with E-state index in [0.717, 1.165) is 12.1 Å². The maximum absolute atomic E-state index is 13.6. The summed E-state index contributed by atoms with van der Waals surface area (Å²) in [7, 11) is 0. The largest absolute Gasteiger partial charge is 0.481 e. The number of urea groups is 1. The van der Waals surface area contributed by atoms with E-state index in [1.54, 1.807) is 47.4 Å². The number of piperazine rings is 1. The number of nitrogens with zero attached hydrogens (tertiary/aromatic N) is 3. The molecule has 3 amide bonds. The Hall–Kier alpha value is -4.55. The van der Waals surface area contributed by atoms with Crippen molar-refractivity contribution < 1.29 is 37.1 Å². The summed E-state index contributed by atoms with van der Waals surface area (Å²) in [6.07, 6.45) is -2.94. The third-order valence-corrected chi connectivity index (χ3v) is 7.32. The smallest absolute Gasteiger partial charge is 0.452 e. The van der Waals surface area contributed by atoms with Crippen molar-refractivity contribution in [3.63, 3.8) is 0 Å². The number of carbonyl (C=O) groups is 3. The van der Waals surface area contributed by atoms with Crippen LogP contribution in [0.4, 0.5) is 29.3 Å². The Labute approximate surface area is 233 Å². The molecule has 1 aliphatic heterocycles. The van der Waals surface area contributed by atoms with Gasteiger partial charge in [-0.15, -0.1) is 0 Å². The number of nitrogens with one attached hydrogen (secondary N) is 2. The first kappa shape index (κ1) is 28.0. The standard InChI is InChI=1S/C28H28F3N5O5/c29-28(30,31)23-22(34-25(41-23)17-5-2-1-3-6-17)24(37)32-18-9-11-19(12-10-18)35-13-15-36(16-14-35)27(40)33-21-8-4-7-20(21)26(38)39/h1-3,5-6,9-12,20-21H,4,7-8,13-16H2,(H,32,37)(H,33,40)(H,38,39)/t20-,21+/m0/s1. The average molecular weight is 572 g/mol. The number of aliphatic carboxylic acids is 1. The van der Waals surface area contributed by atoms with E-state index in [0.29, 0.717) is 44.6 Å². The summed E-state index contributed by atoms with van der Waals surface area (Å²) in [5, 5.41) is 14.6. The second-order valence-electron chi connectivity index (χ2n) is 9.97. The Balaban J connectivity index is 1.19. The molecule has 5 rings (SSSR count). The summed E-state index contributed by atoms with van der Waals surface area (Å²) >= 11 is 0. The average Bonchev–Trinajstić information content (AvgIpc) is 3.62. The Kier molecular flexibility index (Phi) is 7.86. The summed E-state index contributed by atoms with van der Waals surface area (Å²) in [6.45, 7) is 1.93. The quantitative estimate of drug-likeness (QED) is 0.391. The van der Waals surface area contributed by atoms with Crippen LogP contribution in [0.3, 0.4) is 0 Å². The second kappa shape index (κ2) is 11.5. The number of anilines is 2. The number of oxazole rings is 1. The van der Waals surface area contributed by atoms with Gasteiger partial charge in [0.1, 0.15) is 0 Å². The van der Waals surface area contributed by atoms with Crippen molar-refractivity contribution in [1.29, 1.82) is 0 Å². The molecule has 0 bridgehead atoms. The van der Waals surface area contributed by atoms with Gasteiger partial charge < -0.3 is 30.0 Å². The molecule has 2 aromatic carbocycles. The van der Waals surface area contributed by atoms with E-state index in [-0.39, 0.29) is 23.7 Å². The van der Waals surface area contributed by atoms with Gasteiger partial charge in [0, 0.05) is 49.2 Å². The van der Waals surface area contributed by atoms with Crippen LogP contribution in [0.5, 0.6) is 0 Å². The van der Waals surface area contributed by atoms with E-state index in [4.69, 9.17) is 4.42 Å². The first-order chi connectivity index (χ1) is 19.6. The van der Waals surface area contributed by atoms with Crippen molar-refractivity contribution >= 4 is 29.3 Å². The van der Waals surface area contributed by atoms with Gasteiger partial charge in [0.05, 0.1) is 5.92 Å². The number of halogens is 3. The predicted octanol–water partition coefficient (Wildman–Crippen LogP) is 4.70. The fourth-order valence-corrected chi connectivity index (χ4v) is 5.16. The zero-order chi connectivity index (χ0) is 29.1. The highest BCUT2D eigenvalue weighted by molar-refractivity contribution is 6.04. The Bertz CT molecular complexity index is 1400. The lowest BCUT2D eigenvalue weighted by Gasteiger charge is -2.36. The molecule has 3 aromatic rings. The van der Waals surface area contributed by atoms with Crippen molar-refractivity contribution in [3.8, 4) is 11.5 Å². The third kappa shape index (κ3) is 6.28. The molecule has 1 saturated heterocycles. The first-order valence-electron chi connectivity index (χ1n) is 13.2. The van der Waals surface area contributed by atoms with Crippen LogP contribution >= 0.6 is 0 Å². The molecule has 2 atom stereocenters. The van der Waals surface area contributed by atoms with Crippen molar-refractivity contribution in [2.24, 2.45) is 5.92 Å². The van der Waals surface area contributed by atoms with Gasteiger partial charge in [0.25, 0.3) is 5.91 Å². The zero-order valence-electron chi connectivity index (χ0n) is 21.9. The highest BCUT2D eigenvalue weighted by atomic mass is 19.4. The van der Waals surface area contributed by atoms with Crippen LogP contribution < -0.4 is 15.5 Å². The fraction of sp³-hybridized carbons (Fsp3) is 0.357. The molecule has 3 N–H and O–H groups in total. The maximum atomic E-state index is 13.6. The second-order valence-corrected chi connectivity index (χ2v) is 9.97. The monoisotopic (exact) mass is 571 g/mol. The molecule has 41 heavy (non-hydrogen) atoms. The number of amides is 3. The van der Waals surface area contributed by atoms with E-state index in [1.807, 2.05) is 4.90 Å². The van der Waals surface area contributed by atoms with E-state index in [2.05, 4.69) is 15.6 Å². The van der Waals surface area contributed by atoms with Crippen LogP contribution in [0.25, 0.3) is 11.5 Å². The van der Waals surface area contributed by atoms with Crippen LogP contribution in [0.2, 0.25) is 0 Å². The van der Waals surface area contributed by atoms with E-state index < -0.39 is 35.4 Å². The van der Waals surface area contributed by atoms with Crippen LogP contribution in [0.1, 0.15) is 35.5 Å². The number of alkyl halides is 3. The summed E-state index contributed by atoms with van der Waals surface area (Å²) in [6, 6.07) is 14.0. The zero-order valence-corrected chi connectivity index (χ0v) is 21.9. The molecule has 0 radical (unpaired) electrons. The van der Waals surface area contributed by atoms with Crippen LogP contribution in [0.15, 0.2) is 59.0 Å². The van der Waals surface area contributed by atoms with Gasteiger partial charge in [-0.2, -0.15) is 13.2 Å². The minimum atomic E-state index is -4.91. The molecule has 2 fully saturated rings. The fourth-order valence-electron chi connectivity index (χ4n) is 5.16. The van der Waals surface area contributed by atoms with Gasteiger partial charge in [-0.1, -0.05) is 24.6 Å². The SMILES string of the molecule is O=C(Nc1ccc(N2CCN(C(=O)N[C@@H]3CCC[C@@H]3C(=O)O)CC2)cc1)c1nc(-c2ccccc2)oc1C(F)(F)F. The van der Waals surface area contributed by atoms with Gasteiger partial charge in [-0.05, 0) is 49.2 Å². The van der Waals surface area contributed by atoms with Crippen LogP contribution in [0, 0.1) is 5.92 Å². The van der Waals surface area contributed by atoms with Crippen LogP contribution in [-0.4, -0.2) is 65.1 Å².